The first kappa shape index (κ1) is 17.3. The van der Waals surface area contributed by atoms with Gasteiger partial charge in [-0.05, 0) is 52.9 Å². The maximum atomic E-state index is 13.7. The molecule has 1 heterocycles. The molecule has 2 aromatic carbocycles. The van der Waals surface area contributed by atoms with Crippen LogP contribution >= 0.6 is 15.9 Å². The number of hydrogen-bond acceptors (Lipinski definition) is 4. The van der Waals surface area contributed by atoms with E-state index >= 15 is 0 Å². The summed E-state index contributed by atoms with van der Waals surface area (Å²) in [7, 11) is 0. The van der Waals surface area contributed by atoms with Crippen LogP contribution in [0.3, 0.4) is 0 Å². The minimum atomic E-state index is -4.43. The molecule has 0 aliphatic rings. The highest BCUT2D eigenvalue weighted by Gasteiger charge is 2.30. The molecule has 0 N–H and O–H groups in total. The number of aromatic nitrogens is 4. The van der Waals surface area contributed by atoms with E-state index in [1.165, 1.54) is 28.9 Å². The Labute approximate surface area is 147 Å². The van der Waals surface area contributed by atoms with Crippen LogP contribution in [0.15, 0.2) is 46.9 Å². The molecule has 0 amide bonds. The van der Waals surface area contributed by atoms with Gasteiger partial charge in [-0.25, -0.2) is 4.39 Å². The normalized spacial score (nSPS) is 11.6. The fourth-order valence-electron chi connectivity index (χ4n) is 2.02. The Balaban J connectivity index is 1.78. The molecule has 0 aliphatic heterocycles. The number of ether oxygens (including phenoxy) is 1. The standard InChI is InChI=1S/C15H9BrF4N4O/c16-10-3-6-13(12(17)7-10)25-8-14-21-22-23-24(14)11-4-1-9(2-5-11)15(18,19)20/h1-7H,8H2. The maximum absolute atomic E-state index is 13.7. The predicted octanol–water partition coefficient (Wildman–Crippen LogP) is 4.16. The predicted molar refractivity (Wildman–Crippen MR) is 82.6 cm³/mol. The SMILES string of the molecule is Fc1cc(Br)ccc1OCc1nnnn1-c1ccc(C(F)(F)F)cc1. The van der Waals surface area contributed by atoms with Gasteiger partial charge in [0.2, 0.25) is 0 Å². The van der Waals surface area contributed by atoms with Crippen LogP contribution in [0.5, 0.6) is 5.75 Å². The van der Waals surface area contributed by atoms with Gasteiger partial charge in [0.1, 0.15) is 6.61 Å². The van der Waals surface area contributed by atoms with E-state index in [2.05, 4.69) is 31.5 Å². The average Bonchev–Trinajstić information content (AvgIpc) is 3.02. The second-order valence-corrected chi connectivity index (χ2v) is 5.83. The molecule has 1 aromatic heterocycles. The Morgan fingerprint density at radius 2 is 1.80 bits per heavy atom. The maximum Gasteiger partial charge on any atom is 0.416 e. The molecule has 0 aliphatic carbocycles. The highest BCUT2D eigenvalue weighted by atomic mass is 79.9. The topological polar surface area (TPSA) is 52.8 Å². The van der Waals surface area contributed by atoms with Crippen LogP contribution < -0.4 is 4.74 Å². The largest absolute Gasteiger partial charge is 0.482 e. The summed E-state index contributed by atoms with van der Waals surface area (Å²) in [6.45, 7) is -0.160. The van der Waals surface area contributed by atoms with Crippen LogP contribution in [-0.4, -0.2) is 20.2 Å². The number of nitrogens with zero attached hydrogens (tertiary/aromatic N) is 4. The number of hydrogen-bond donors (Lipinski definition) is 0. The number of benzene rings is 2. The summed E-state index contributed by atoms with van der Waals surface area (Å²) in [5.74, 6) is -0.352. The Morgan fingerprint density at radius 1 is 1.08 bits per heavy atom. The van der Waals surface area contributed by atoms with Gasteiger partial charge in [0.25, 0.3) is 0 Å². The summed E-state index contributed by atoms with van der Waals surface area (Å²) in [6.07, 6.45) is -4.43. The van der Waals surface area contributed by atoms with Crippen LogP contribution in [0.25, 0.3) is 5.69 Å². The van der Waals surface area contributed by atoms with E-state index < -0.39 is 17.6 Å². The molecule has 5 nitrogen and oxygen atoms in total. The summed E-state index contributed by atoms with van der Waals surface area (Å²) in [5.41, 5.74) is -0.452. The molecule has 130 valence electrons. The molecule has 10 heteroatoms. The van der Waals surface area contributed by atoms with E-state index in [1.54, 1.807) is 6.07 Å². The molecule has 3 aromatic rings. The van der Waals surface area contributed by atoms with Crippen LogP contribution in [-0.2, 0) is 12.8 Å². The molecule has 0 atom stereocenters. The third-order valence-corrected chi connectivity index (χ3v) is 3.72. The molecule has 0 saturated carbocycles. The minimum Gasteiger partial charge on any atom is -0.482 e. The van der Waals surface area contributed by atoms with E-state index in [-0.39, 0.29) is 18.2 Å². The van der Waals surface area contributed by atoms with Crippen molar-refractivity contribution < 1.29 is 22.3 Å². The number of alkyl halides is 3. The quantitative estimate of drug-likeness (QED) is 0.599. The zero-order chi connectivity index (χ0) is 18.0. The molecule has 0 saturated heterocycles. The Hall–Kier alpha value is -2.49. The summed E-state index contributed by atoms with van der Waals surface area (Å²) in [5, 5.41) is 10.9. The lowest BCUT2D eigenvalue weighted by molar-refractivity contribution is -0.137. The fraction of sp³-hybridized carbons (Fsp3) is 0.133. The number of halogens is 5. The molecule has 0 bridgehead atoms. The molecular weight excluding hydrogens is 408 g/mol. The molecule has 0 fully saturated rings. The van der Waals surface area contributed by atoms with Crippen molar-refractivity contribution in [2.24, 2.45) is 0 Å². The van der Waals surface area contributed by atoms with Gasteiger partial charge >= 0.3 is 6.18 Å². The third-order valence-electron chi connectivity index (χ3n) is 3.22. The second-order valence-electron chi connectivity index (χ2n) is 4.91. The second kappa shape index (κ2) is 6.79. The Morgan fingerprint density at radius 3 is 2.44 bits per heavy atom. The van der Waals surface area contributed by atoms with E-state index in [1.807, 2.05) is 0 Å². The van der Waals surface area contributed by atoms with Crippen molar-refractivity contribution in [3.63, 3.8) is 0 Å². The van der Waals surface area contributed by atoms with E-state index in [4.69, 9.17) is 4.74 Å². The van der Waals surface area contributed by atoms with Crippen molar-refractivity contribution in [3.05, 3.63) is 64.1 Å². The number of tetrazole rings is 1. The summed E-state index contributed by atoms with van der Waals surface area (Å²) < 4.78 is 58.7. The van der Waals surface area contributed by atoms with E-state index in [0.29, 0.717) is 10.2 Å². The zero-order valence-corrected chi connectivity index (χ0v) is 13.9. The van der Waals surface area contributed by atoms with Crippen LogP contribution in [0.1, 0.15) is 11.4 Å². The van der Waals surface area contributed by atoms with Gasteiger partial charge in [-0.2, -0.15) is 17.9 Å². The summed E-state index contributed by atoms with van der Waals surface area (Å²) in [4.78, 5) is 0. The number of rotatable bonds is 4. The van der Waals surface area contributed by atoms with Crippen molar-refractivity contribution in [3.8, 4) is 11.4 Å². The molecular formula is C15H9BrF4N4O. The molecule has 0 spiro atoms. The van der Waals surface area contributed by atoms with Gasteiger partial charge in [-0.3, -0.25) is 0 Å². The first-order valence-electron chi connectivity index (χ1n) is 6.87. The van der Waals surface area contributed by atoms with E-state index in [0.717, 1.165) is 12.1 Å². The first-order chi connectivity index (χ1) is 11.8. The van der Waals surface area contributed by atoms with Gasteiger partial charge in [0.15, 0.2) is 17.4 Å². The molecule has 0 radical (unpaired) electrons. The summed E-state index contributed by atoms with van der Waals surface area (Å²) >= 11 is 3.14. The fourth-order valence-corrected chi connectivity index (χ4v) is 2.36. The smallest absolute Gasteiger partial charge is 0.416 e. The highest BCUT2D eigenvalue weighted by molar-refractivity contribution is 9.10. The van der Waals surface area contributed by atoms with Crippen LogP contribution in [0.4, 0.5) is 17.6 Å². The van der Waals surface area contributed by atoms with Gasteiger partial charge in [-0.15, -0.1) is 5.10 Å². The molecule has 3 rings (SSSR count). The summed E-state index contributed by atoms with van der Waals surface area (Å²) in [6, 6.07) is 8.62. The first-order valence-corrected chi connectivity index (χ1v) is 7.66. The third kappa shape index (κ3) is 3.95. The van der Waals surface area contributed by atoms with Crippen molar-refractivity contribution in [2.75, 3.05) is 0 Å². The highest BCUT2D eigenvalue weighted by Crippen LogP contribution is 2.29. The van der Waals surface area contributed by atoms with Gasteiger partial charge in [-0.1, -0.05) is 15.9 Å². The van der Waals surface area contributed by atoms with E-state index in [9.17, 15) is 17.6 Å². The van der Waals surface area contributed by atoms with Gasteiger partial charge < -0.3 is 4.74 Å². The Kier molecular flexibility index (Phi) is 4.71. The van der Waals surface area contributed by atoms with Crippen molar-refractivity contribution in [1.29, 1.82) is 0 Å². The van der Waals surface area contributed by atoms with Crippen molar-refractivity contribution in [2.45, 2.75) is 12.8 Å². The lowest BCUT2D eigenvalue weighted by atomic mass is 10.2. The lowest BCUT2D eigenvalue weighted by Gasteiger charge is -2.09. The van der Waals surface area contributed by atoms with Crippen molar-refractivity contribution >= 4 is 15.9 Å². The van der Waals surface area contributed by atoms with Crippen molar-refractivity contribution in [1.82, 2.24) is 20.2 Å². The van der Waals surface area contributed by atoms with Crippen LogP contribution in [0, 0.1) is 5.82 Å². The minimum absolute atomic E-state index is 0.00479. The monoisotopic (exact) mass is 416 g/mol. The Bertz CT molecular complexity index is 880. The molecule has 25 heavy (non-hydrogen) atoms. The average molecular weight is 417 g/mol. The zero-order valence-electron chi connectivity index (χ0n) is 12.3. The molecule has 0 unspecified atom stereocenters. The lowest BCUT2D eigenvalue weighted by Crippen LogP contribution is -2.09. The van der Waals surface area contributed by atoms with Gasteiger partial charge in [0, 0.05) is 4.47 Å². The van der Waals surface area contributed by atoms with Crippen LogP contribution in [0.2, 0.25) is 0 Å². The van der Waals surface area contributed by atoms with Gasteiger partial charge in [0.05, 0.1) is 11.3 Å².